The van der Waals surface area contributed by atoms with Gasteiger partial charge >= 0.3 is 77.9 Å². The Hall–Kier alpha value is 0.0900. The Morgan fingerprint density at radius 1 is 0.759 bits per heavy atom. The van der Waals surface area contributed by atoms with E-state index in [-0.39, 0.29) is 6.61 Å². The Morgan fingerprint density at radius 2 is 1.17 bits per heavy atom. The predicted octanol–water partition coefficient (Wildman–Crippen LogP) is 6.64. The van der Waals surface area contributed by atoms with E-state index in [2.05, 4.69) is 41.4 Å². The van der Waals surface area contributed by atoms with Crippen LogP contribution in [-0.4, -0.2) is 47.5 Å². The molecular formula is C23H41NaO4S. The fourth-order valence-corrected chi connectivity index (χ4v) is 3.97. The van der Waals surface area contributed by atoms with Crippen molar-refractivity contribution in [1.29, 1.82) is 0 Å². The van der Waals surface area contributed by atoms with Crippen molar-refractivity contribution in [3.8, 4) is 0 Å². The Balaban J connectivity index is 0.000000807. The van der Waals surface area contributed by atoms with Gasteiger partial charge in [-0.15, -0.1) is 0 Å². The number of hydrogen-bond donors (Lipinski definition) is 1. The molecule has 0 amide bonds. The normalized spacial score (nSPS) is 11.2. The van der Waals surface area contributed by atoms with Crippen LogP contribution in [0, 0.1) is 0 Å². The molecule has 0 spiro atoms. The van der Waals surface area contributed by atoms with Crippen molar-refractivity contribution in [1.82, 2.24) is 0 Å². The van der Waals surface area contributed by atoms with E-state index in [9.17, 15) is 8.42 Å². The molecule has 0 saturated carbocycles. The molecule has 0 saturated heterocycles. The molecule has 1 aromatic rings. The number of hydrogen-bond acceptors (Lipinski definition) is 3. The monoisotopic (exact) mass is 436 g/mol. The Kier molecular flexibility index (Phi) is 21.4. The molecular weight excluding hydrogens is 395 g/mol. The van der Waals surface area contributed by atoms with Gasteiger partial charge in [0.2, 0.25) is 0 Å². The SMILES string of the molecule is CCCCCCCCCCCCCCCCOS(=O)(=O)O.[Na][CH2]c1ccccc1. The number of benzene rings is 1. The number of rotatable bonds is 17. The first-order chi connectivity index (χ1) is 14.0. The molecule has 1 rings (SSSR count). The van der Waals surface area contributed by atoms with Crippen molar-refractivity contribution in [2.45, 2.75) is 100 Å². The fraction of sp³-hybridized carbons (Fsp3) is 0.739. The Morgan fingerprint density at radius 3 is 1.52 bits per heavy atom. The molecule has 1 aromatic carbocycles. The third-order valence-corrected chi connectivity index (χ3v) is 6.26. The zero-order valence-electron chi connectivity index (χ0n) is 18.8. The van der Waals surface area contributed by atoms with Gasteiger partial charge in [-0.05, 0) is 6.42 Å². The maximum atomic E-state index is 10.3. The zero-order chi connectivity index (χ0) is 21.6. The van der Waals surface area contributed by atoms with Gasteiger partial charge in [0.15, 0.2) is 0 Å². The molecule has 0 bridgehead atoms. The third-order valence-electron chi connectivity index (χ3n) is 4.98. The second-order valence-corrected chi connectivity index (χ2v) is 9.48. The van der Waals surface area contributed by atoms with Crippen molar-refractivity contribution in [2.75, 3.05) is 6.61 Å². The molecule has 0 fully saturated rings. The quantitative estimate of drug-likeness (QED) is 0.169. The molecule has 0 heterocycles. The summed E-state index contributed by atoms with van der Waals surface area (Å²) in [6.45, 7) is 2.35. The van der Waals surface area contributed by atoms with E-state index in [0.717, 1.165) is 12.8 Å². The Bertz CT molecular complexity index is 549. The minimum atomic E-state index is -4.24. The van der Waals surface area contributed by atoms with Crippen molar-refractivity contribution >= 4 is 38.3 Å². The summed E-state index contributed by atoms with van der Waals surface area (Å²) in [4.78, 5) is 0. The van der Waals surface area contributed by atoms with Gasteiger partial charge in [-0.3, -0.25) is 4.55 Å². The maximum absolute atomic E-state index is 10.3. The van der Waals surface area contributed by atoms with Gasteiger partial charge < -0.3 is 0 Å². The van der Waals surface area contributed by atoms with Crippen molar-refractivity contribution in [3.63, 3.8) is 0 Å². The summed E-state index contributed by atoms with van der Waals surface area (Å²) in [7, 11) is -4.24. The minimum absolute atomic E-state index is 0.0941. The van der Waals surface area contributed by atoms with Crippen LogP contribution in [0.15, 0.2) is 30.3 Å². The van der Waals surface area contributed by atoms with E-state index in [1.807, 2.05) is 0 Å². The molecule has 164 valence electrons. The van der Waals surface area contributed by atoms with Gasteiger partial charge in [0, 0.05) is 0 Å². The summed E-state index contributed by atoms with van der Waals surface area (Å²) in [5.41, 5.74) is 1.47. The summed E-state index contributed by atoms with van der Waals surface area (Å²) in [5.74, 6) is 0. The molecule has 0 aliphatic carbocycles. The molecule has 1 N–H and O–H groups in total. The van der Waals surface area contributed by atoms with Crippen LogP contribution in [-0.2, 0) is 18.3 Å². The second-order valence-electron chi connectivity index (χ2n) is 7.69. The van der Waals surface area contributed by atoms with Gasteiger partial charge in [-0.2, -0.15) is 8.42 Å². The predicted molar refractivity (Wildman–Crippen MR) is 124 cm³/mol. The molecule has 6 heteroatoms. The van der Waals surface area contributed by atoms with Crippen LogP contribution in [0.4, 0.5) is 0 Å². The van der Waals surface area contributed by atoms with E-state index in [4.69, 9.17) is 4.55 Å². The van der Waals surface area contributed by atoms with Crippen molar-refractivity contribution < 1.29 is 17.2 Å². The topological polar surface area (TPSA) is 63.6 Å². The van der Waals surface area contributed by atoms with Gasteiger partial charge in [0.1, 0.15) is 0 Å². The first kappa shape index (κ1) is 29.1. The molecule has 4 nitrogen and oxygen atoms in total. The van der Waals surface area contributed by atoms with E-state index in [1.54, 1.807) is 0 Å². The summed E-state index contributed by atoms with van der Waals surface area (Å²) in [5, 5.41) is 0. The standard InChI is InChI=1S/C16H34O4S.C7H7.Na/c1-2-3-4-5-6-7-8-9-10-11-12-13-14-15-16-20-21(17,18)19;1-7-5-3-2-4-6-7;/h2-16H2,1H3,(H,17,18,19);2-6H,1H2;. The summed E-state index contributed by atoms with van der Waals surface area (Å²) in [6.07, 6.45) is 17.6. The molecule has 29 heavy (non-hydrogen) atoms. The van der Waals surface area contributed by atoms with Gasteiger partial charge in [-0.25, -0.2) is 4.18 Å². The first-order valence-electron chi connectivity index (χ1n) is 11.6. The zero-order valence-corrected chi connectivity index (χ0v) is 21.6. The average molecular weight is 437 g/mol. The second kappa shape index (κ2) is 21.3. The van der Waals surface area contributed by atoms with E-state index in [1.165, 1.54) is 108 Å². The molecule has 0 aliphatic rings. The van der Waals surface area contributed by atoms with Crippen LogP contribution < -0.4 is 0 Å². The van der Waals surface area contributed by atoms with Crippen LogP contribution in [0.25, 0.3) is 0 Å². The molecule has 0 aromatic heterocycles. The summed E-state index contributed by atoms with van der Waals surface area (Å²) in [6, 6.07) is 10.6. The van der Waals surface area contributed by atoms with Crippen LogP contribution >= 0.6 is 0 Å². The van der Waals surface area contributed by atoms with E-state index >= 15 is 0 Å². The van der Waals surface area contributed by atoms with E-state index in [0.29, 0.717) is 6.42 Å². The van der Waals surface area contributed by atoms with Crippen molar-refractivity contribution in [2.24, 2.45) is 0 Å². The van der Waals surface area contributed by atoms with Crippen LogP contribution in [0.1, 0.15) is 102 Å². The van der Waals surface area contributed by atoms with E-state index < -0.39 is 10.4 Å². The van der Waals surface area contributed by atoms with Crippen LogP contribution in [0.3, 0.4) is 0 Å². The average Bonchev–Trinajstić information content (AvgIpc) is 2.71. The van der Waals surface area contributed by atoms with Gasteiger partial charge in [0.25, 0.3) is 0 Å². The first-order valence-corrected chi connectivity index (χ1v) is 14.4. The van der Waals surface area contributed by atoms with Crippen molar-refractivity contribution in [3.05, 3.63) is 35.9 Å². The molecule has 0 unspecified atom stereocenters. The summed E-state index contributed by atoms with van der Waals surface area (Å²) < 4.78 is 34.5. The number of unbranched alkanes of at least 4 members (excludes halogenated alkanes) is 13. The molecule has 0 radical (unpaired) electrons. The van der Waals surface area contributed by atoms with Gasteiger partial charge in [0.05, 0.1) is 6.61 Å². The fourth-order valence-electron chi connectivity index (χ4n) is 3.17. The molecule has 0 aliphatic heterocycles. The third kappa shape index (κ3) is 24.2. The van der Waals surface area contributed by atoms with Crippen LogP contribution in [0.5, 0.6) is 0 Å². The van der Waals surface area contributed by atoms with Crippen LogP contribution in [0.2, 0.25) is 0 Å². The Labute approximate surface area is 197 Å². The summed E-state index contributed by atoms with van der Waals surface area (Å²) >= 11 is 1.28. The van der Waals surface area contributed by atoms with Gasteiger partial charge in [-0.1, -0.05) is 90.4 Å². The molecule has 0 atom stereocenters.